The Hall–Kier alpha value is -3.10. The van der Waals surface area contributed by atoms with E-state index in [4.69, 9.17) is 16.3 Å². The highest BCUT2D eigenvalue weighted by Crippen LogP contribution is 2.32. The van der Waals surface area contributed by atoms with Crippen LogP contribution in [0.15, 0.2) is 53.4 Å². The standard InChI is InChI=1S/C21H17ClN2O5S/c1-2-29-20(27)14-5-9-16(10-6-14)23-18(25)12-24-19(26)17(30-21(24)28)11-13-3-7-15(22)8-4-13/h3-11H,2,12H2,1H3,(H,23,25)/b17-11+. The fourth-order valence-corrected chi connectivity index (χ4v) is 3.56. The number of benzene rings is 2. The molecule has 9 heteroatoms. The number of nitrogens with zero attached hydrogens (tertiary/aromatic N) is 1. The maximum absolute atomic E-state index is 12.5. The minimum atomic E-state index is -0.534. The van der Waals surface area contributed by atoms with E-state index in [1.165, 1.54) is 12.1 Å². The fraction of sp³-hybridized carbons (Fsp3) is 0.143. The number of halogens is 1. The molecule has 1 aliphatic heterocycles. The second-order valence-electron chi connectivity index (χ2n) is 6.17. The van der Waals surface area contributed by atoms with Crippen molar-refractivity contribution >= 4 is 58.1 Å². The summed E-state index contributed by atoms with van der Waals surface area (Å²) in [6.45, 7) is 1.56. The minimum absolute atomic E-state index is 0.230. The Morgan fingerprint density at radius 1 is 1.10 bits per heavy atom. The number of anilines is 1. The van der Waals surface area contributed by atoms with E-state index in [-0.39, 0.29) is 11.5 Å². The predicted octanol–water partition coefficient (Wildman–Crippen LogP) is 4.19. The molecule has 1 aliphatic rings. The van der Waals surface area contributed by atoms with Gasteiger partial charge in [0.25, 0.3) is 11.1 Å². The normalized spacial score (nSPS) is 14.9. The summed E-state index contributed by atoms with van der Waals surface area (Å²) in [5.41, 5.74) is 1.50. The van der Waals surface area contributed by atoms with E-state index in [0.29, 0.717) is 16.3 Å². The number of carbonyl (C=O) groups excluding carboxylic acids is 4. The molecule has 1 saturated heterocycles. The number of ether oxygens (including phenoxy) is 1. The van der Waals surface area contributed by atoms with Gasteiger partial charge in [0.1, 0.15) is 6.54 Å². The maximum atomic E-state index is 12.5. The van der Waals surface area contributed by atoms with E-state index >= 15 is 0 Å². The fourth-order valence-electron chi connectivity index (χ4n) is 2.59. The molecule has 7 nitrogen and oxygen atoms in total. The first-order valence-corrected chi connectivity index (χ1v) is 10.1. The smallest absolute Gasteiger partial charge is 0.338 e. The molecule has 3 rings (SSSR count). The molecule has 0 spiro atoms. The predicted molar refractivity (Wildman–Crippen MR) is 115 cm³/mol. The second kappa shape index (κ2) is 9.60. The number of amides is 3. The molecule has 2 aromatic carbocycles. The molecule has 0 saturated carbocycles. The summed E-state index contributed by atoms with van der Waals surface area (Å²) in [6.07, 6.45) is 1.58. The van der Waals surface area contributed by atoms with Gasteiger partial charge in [0, 0.05) is 10.7 Å². The van der Waals surface area contributed by atoms with Gasteiger partial charge in [-0.25, -0.2) is 4.79 Å². The van der Waals surface area contributed by atoms with Crippen molar-refractivity contribution in [2.45, 2.75) is 6.92 Å². The van der Waals surface area contributed by atoms with Crippen molar-refractivity contribution in [1.82, 2.24) is 4.90 Å². The minimum Gasteiger partial charge on any atom is -0.462 e. The first-order valence-electron chi connectivity index (χ1n) is 8.95. The Bertz CT molecular complexity index is 1020. The summed E-state index contributed by atoms with van der Waals surface area (Å²) < 4.78 is 4.90. The van der Waals surface area contributed by atoms with Gasteiger partial charge in [-0.3, -0.25) is 19.3 Å². The zero-order chi connectivity index (χ0) is 21.7. The lowest BCUT2D eigenvalue weighted by atomic mass is 10.2. The average Bonchev–Trinajstić information content (AvgIpc) is 2.98. The van der Waals surface area contributed by atoms with Crippen LogP contribution in [-0.2, 0) is 14.3 Å². The number of hydrogen-bond donors (Lipinski definition) is 1. The molecule has 1 N–H and O–H groups in total. The van der Waals surface area contributed by atoms with Gasteiger partial charge in [-0.05, 0) is 66.7 Å². The quantitative estimate of drug-likeness (QED) is 0.530. The lowest BCUT2D eigenvalue weighted by Gasteiger charge is -2.12. The molecule has 1 heterocycles. The molecule has 1 fully saturated rings. The molecule has 0 atom stereocenters. The molecule has 2 aromatic rings. The highest BCUT2D eigenvalue weighted by atomic mass is 35.5. The zero-order valence-corrected chi connectivity index (χ0v) is 17.5. The highest BCUT2D eigenvalue weighted by molar-refractivity contribution is 8.18. The van der Waals surface area contributed by atoms with Crippen LogP contribution in [0.3, 0.4) is 0 Å². The van der Waals surface area contributed by atoms with E-state index in [1.54, 1.807) is 49.4 Å². The average molecular weight is 445 g/mol. The van der Waals surface area contributed by atoms with Gasteiger partial charge in [0.15, 0.2) is 0 Å². The van der Waals surface area contributed by atoms with Crippen molar-refractivity contribution < 1.29 is 23.9 Å². The number of carbonyl (C=O) groups is 4. The number of nitrogens with one attached hydrogen (secondary N) is 1. The van der Waals surface area contributed by atoms with Gasteiger partial charge in [0.05, 0.1) is 17.1 Å². The van der Waals surface area contributed by atoms with Gasteiger partial charge in [-0.1, -0.05) is 23.7 Å². The van der Waals surface area contributed by atoms with Crippen LogP contribution in [0.2, 0.25) is 5.02 Å². The first kappa shape index (κ1) is 21.6. The van der Waals surface area contributed by atoms with Crippen molar-refractivity contribution in [3.8, 4) is 0 Å². The Morgan fingerprint density at radius 2 is 1.77 bits per heavy atom. The summed E-state index contributed by atoms with van der Waals surface area (Å²) in [5.74, 6) is -1.53. The van der Waals surface area contributed by atoms with Gasteiger partial charge < -0.3 is 10.1 Å². The van der Waals surface area contributed by atoms with E-state index in [1.807, 2.05) is 0 Å². The topological polar surface area (TPSA) is 92.8 Å². The molecule has 0 bridgehead atoms. The summed E-state index contributed by atoms with van der Waals surface area (Å²) in [5, 5.41) is 2.64. The molecular formula is C21H17ClN2O5S. The molecule has 0 aliphatic carbocycles. The van der Waals surface area contributed by atoms with Crippen LogP contribution in [0.5, 0.6) is 0 Å². The van der Waals surface area contributed by atoms with Gasteiger partial charge in [-0.15, -0.1) is 0 Å². The van der Waals surface area contributed by atoms with Gasteiger partial charge in [0.2, 0.25) is 5.91 Å². The van der Waals surface area contributed by atoms with Crippen molar-refractivity contribution in [1.29, 1.82) is 0 Å². The first-order chi connectivity index (χ1) is 14.4. The number of rotatable bonds is 6. The van der Waals surface area contributed by atoms with Crippen molar-refractivity contribution in [3.63, 3.8) is 0 Å². The third kappa shape index (κ3) is 5.28. The third-order valence-electron chi connectivity index (χ3n) is 4.02. The van der Waals surface area contributed by atoms with Crippen LogP contribution in [0.4, 0.5) is 10.5 Å². The summed E-state index contributed by atoms with van der Waals surface area (Å²) in [7, 11) is 0. The molecule has 154 valence electrons. The third-order valence-corrected chi connectivity index (χ3v) is 5.18. The molecule has 30 heavy (non-hydrogen) atoms. The highest BCUT2D eigenvalue weighted by Gasteiger charge is 2.36. The second-order valence-corrected chi connectivity index (χ2v) is 7.60. The molecule has 0 unspecified atom stereocenters. The Morgan fingerprint density at radius 3 is 2.40 bits per heavy atom. The van der Waals surface area contributed by atoms with Crippen LogP contribution in [0.1, 0.15) is 22.8 Å². The van der Waals surface area contributed by atoms with Crippen LogP contribution in [-0.4, -0.2) is 41.1 Å². The van der Waals surface area contributed by atoms with Crippen molar-refractivity contribution in [3.05, 3.63) is 69.6 Å². The van der Waals surface area contributed by atoms with Crippen molar-refractivity contribution in [2.24, 2.45) is 0 Å². The van der Waals surface area contributed by atoms with Gasteiger partial charge in [-0.2, -0.15) is 0 Å². The maximum Gasteiger partial charge on any atom is 0.338 e. The van der Waals surface area contributed by atoms with E-state index in [0.717, 1.165) is 22.2 Å². The Balaban J connectivity index is 1.62. The number of thioether (sulfide) groups is 1. The number of hydrogen-bond acceptors (Lipinski definition) is 6. The van der Waals surface area contributed by atoms with Gasteiger partial charge >= 0.3 is 5.97 Å². The van der Waals surface area contributed by atoms with Crippen molar-refractivity contribution in [2.75, 3.05) is 18.5 Å². The monoisotopic (exact) mass is 444 g/mol. The van der Waals surface area contributed by atoms with E-state index in [2.05, 4.69) is 5.32 Å². The zero-order valence-electron chi connectivity index (χ0n) is 15.9. The number of esters is 1. The number of imide groups is 1. The lowest BCUT2D eigenvalue weighted by molar-refractivity contribution is -0.127. The lowest BCUT2D eigenvalue weighted by Crippen LogP contribution is -2.36. The van der Waals surface area contributed by atoms with Crippen LogP contribution in [0, 0.1) is 0 Å². The van der Waals surface area contributed by atoms with E-state index in [9.17, 15) is 19.2 Å². The molecule has 0 radical (unpaired) electrons. The van der Waals surface area contributed by atoms with Crippen LogP contribution in [0.25, 0.3) is 6.08 Å². The van der Waals surface area contributed by atoms with Crippen LogP contribution < -0.4 is 5.32 Å². The molecule has 0 aromatic heterocycles. The SMILES string of the molecule is CCOC(=O)c1ccc(NC(=O)CN2C(=O)S/C(=C/c3ccc(Cl)cc3)C2=O)cc1. The van der Waals surface area contributed by atoms with E-state index < -0.39 is 29.6 Å². The summed E-state index contributed by atoms with van der Waals surface area (Å²) in [4.78, 5) is 49.8. The summed E-state index contributed by atoms with van der Waals surface area (Å²) in [6, 6.07) is 12.9. The van der Waals surface area contributed by atoms with Crippen LogP contribution >= 0.6 is 23.4 Å². The summed E-state index contributed by atoms with van der Waals surface area (Å²) >= 11 is 6.62. The Labute approximate surface area is 182 Å². The molecule has 3 amide bonds. The molecular weight excluding hydrogens is 428 g/mol. The Kier molecular flexibility index (Phi) is 6.91. The largest absolute Gasteiger partial charge is 0.462 e.